The van der Waals surface area contributed by atoms with E-state index >= 15 is 0 Å². The summed E-state index contributed by atoms with van der Waals surface area (Å²) in [6, 6.07) is 11.3. The molecule has 0 unspecified atom stereocenters. The SMILES string of the molecule is CC1(C)COCCN1c1ccc(NC(=O)c2ccncc2)cc1. The summed E-state index contributed by atoms with van der Waals surface area (Å²) in [6.45, 7) is 6.67. The first-order valence-electron chi connectivity index (χ1n) is 7.73. The van der Waals surface area contributed by atoms with Gasteiger partial charge < -0.3 is 15.0 Å². The van der Waals surface area contributed by atoms with Gasteiger partial charge in [-0.1, -0.05) is 0 Å². The zero-order valence-electron chi connectivity index (χ0n) is 13.5. The molecule has 1 aliphatic heterocycles. The molecule has 5 nitrogen and oxygen atoms in total. The third kappa shape index (κ3) is 3.51. The Morgan fingerprint density at radius 3 is 2.52 bits per heavy atom. The van der Waals surface area contributed by atoms with Crippen LogP contribution in [0.1, 0.15) is 24.2 Å². The number of hydrogen-bond donors (Lipinski definition) is 1. The molecule has 0 spiro atoms. The van der Waals surface area contributed by atoms with E-state index in [0.29, 0.717) is 12.2 Å². The van der Waals surface area contributed by atoms with Gasteiger partial charge in [-0.05, 0) is 50.2 Å². The van der Waals surface area contributed by atoms with Gasteiger partial charge in [0.15, 0.2) is 0 Å². The van der Waals surface area contributed by atoms with Crippen molar-refractivity contribution in [3.63, 3.8) is 0 Å². The Labute approximate surface area is 136 Å². The van der Waals surface area contributed by atoms with Crippen molar-refractivity contribution in [1.29, 1.82) is 0 Å². The molecule has 1 fully saturated rings. The molecule has 0 aliphatic carbocycles. The van der Waals surface area contributed by atoms with E-state index in [0.717, 1.165) is 24.5 Å². The highest BCUT2D eigenvalue weighted by molar-refractivity contribution is 6.04. The molecule has 2 heterocycles. The summed E-state index contributed by atoms with van der Waals surface area (Å²) in [5.41, 5.74) is 2.49. The van der Waals surface area contributed by atoms with Gasteiger partial charge in [-0.2, -0.15) is 0 Å². The number of carbonyl (C=O) groups is 1. The number of ether oxygens (including phenoxy) is 1. The molecule has 1 N–H and O–H groups in total. The average molecular weight is 311 g/mol. The van der Waals surface area contributed by atoms with Crippen molar-refractivity contribution >= 4 is 17.3 Å². The van der Waals surface area contributed by atoms with Gasteiger partial charge in [0.25, 0.3) is 5.91 Å². The van der Waals surface area contributed by atoms with Crippen LogP contribution < -0.4 is 10.2 Å². The van der Waals surface area contributed by atoms with E-state index in [9.17, 15) is 4.79 Å². The number of benzene rings is 1. The first-order valence-corrected chi connectivity index (χ1v) is 7.73. The van der Waals surface area contributed by atoms with Crippen LogP contribution in [0.3, 0.4) is 0 Å². The molecule has 0 saturated carbocycles. The predicted molar refractivity (Wildman–Crippen MR) is 90.9 cm³/mol. The van der Waals surface area contributed by atoms with E-state index in [1.165, 1.54) is 0 Å². The minimum Gasteiger partial charge on any atom is -0.377 e. The minimum atomic E-state index is -0.133. The Morgan fingerprint density at radius 1 is 1.17 bits per heavy atom. The second kappa shape index (κ2) is 6.38. The smallest absolute Gasteiger partial charge is 0.255 e. The highest BCUT2D eigenvalue weighted by Crippen LogP contribution is 2.28. The van der Waals surface area contributed by atoms with Gasteiger partial charge in [0, 0.05) is 35.9 Å². The molecule has 1 amide bonds. The van der Waals surface area contributed by atoms with Crippen LogP contribution in [0.15, 0.2) is 48.8 Å². The van der Waals surface area contributed by atoms with Crippen molar-refractivity contribution in [2.45, 2.75) is 19.4 Å². The lowest BCUT2D eigenvalue weighted by atomic mass is 10.0. The zero-order valence-corrected chi connectivity index (χ0v) is 13.5. The highest BCUT2D eigenvalue weighted by Gasteiger charge is 2.30. The van der Waals surface area contributed by atoms with Crippen LogP contribution in [-0.4, -0.2) is 36.2 Å². The Bertz CT molecular complexity index is 668. The molecule has 1 aliphatic rings. The molecule has 1 aromatic carbocycles. The van der Waals surface area contributed by atoms with Gasteiger partial charge in [-0.3, -0.25) is 9.78 Å². The van der Waals surface area contributed by atoms with E-state index in [-0.39, 0.29) is 11.4 Å². The molecule has 0 atom stereocenters. The predicted octanol–water partition coefficient (Wildman–Crippen LogP) is 2.95. The number of hydrogen-bond acceptors (Lipinski definition) is 4. The number of amides is 1. The fourth-order valence-electron chi connectivity index (χ4n) is 2.77. The first-order chi connectivity index (χ1) is 11.1. The monoisotopic (exact) mass is 311 g/mol. The standard InChI is InChI=1S/C18H21N3O2/c1-18(2)13-23-12-11-21(18)16-5-3-15(4-6-16)20-17(22)14-7-9-19-10-8-14/h3-10H,11-13H2,1-2H3,(H,20,22). The number of rotatable bonds is 3. The van der Waals surface area contributed by atoms with E-state index in [4.69, 9.17) is 4.74 Å². The van der Waals surface area contributed by atoms with Crippen molar-refractivity contribution in [3.8, 4) is 0 Å². The Balaban J connectivity index is 1.71. The van der Waals surface area contributed by atoms with Gasteiger partial charge in [0.2, 0.25) is 0 Å². The van der Waals surface area contributed by atoms with Gasteiger partial charge in [0.05, 0.1) is 18.8 Å². The van der Waals surface area contributed by atoms with Gasteiger partial charge in [-0.25, -0.2) is 0 Å². The van der Waals surface area contributed by atoms with Gasteiger partial charge in [-0.15, -0.1) is 0 Å². The van der Waals surface area contributed by atoms with Crippen molar-refractivity contribution in [1.82, 2.24) is 4.98 Å². The highest BCUT2D eigenvalue weighted by atomic mass is 16.5. The Kier molecular flexibility index (Phi) is 4.30. The topological polar surface area (TPSA) is 54.5 Å². The van der Waals surface area contributed by atoms with Crippen LogP contribution in [0.4, 0.5) is 11.4 Å². The molecule has 1 saturated heterocycles. The summed E-state index contributed by atoms with van der Waals surface area (Å²) in [6.07, 6.45) is 3.22. The Morgan fingerprint density at radius 2 is 1.87 bits per heavy atom. The number of nitrogens with one attached hydrogen (secondary N) is 1. The third-order valence-corrected chi connectivity index (χ3v) is 4.02. The van der Waals surface area contributed by atoms with Gasteiger partial charge in [0.1, 0.15) is 0 Å². The maximum atomic E-state index is 12.1. The second-order valence-electron chi connectivity index (χ2n) is 6.25. The molecular weight excluding hydrogens is 290 g/mol. The van der Waals surface area contributed by atoms with E-state index < -0.39 is 0 Å². The normalized spacial score (nSPS) is 16.9. The minimum absolute atomic E-state index is 0.0277. The summed E-state index contributed by atoms with van der Waals surface area (Å²) in [4.78, 5) is 18.4. The van der Waals surface area contributed by atoms with Crippen LogP contribution in [0.25, 0.3) is 0 Å². The maximum absolute atomic E-state index is 12.1. The molecule has 23 heavy (non-hydrogen) atoms. The van der Waals surface area contributed by atoms with E-state index in [1.807, 2.05) is 24.3 Å². The first kappa shape index (κ1) is 15.5. The lowest BCUT2D eigenvalue weighted by molar-refractivity contribution is 0.0644. The average Bonchev–Trinajstić information content (AvgIpc) is 2.56. The third-order valence-electron chi connectivity index (χ3n) is 4.02. The molecule has 1 aromatic heterocycles. The molecule has 120 valence electrons. The second-order valence-corrected chi connectivity index (χ2v) is 6.25. The molecule has 2 aromatic rings. The van der Waals surface area contributed by atoms with Crippen LogP contribution in [0, 0.1) is 0 Å². The van der Waals surface area contributed by atoms with Crippen LogP contribution >= 0.6 is 0 Å². The molecule has 5 heteroatoms. The van der Waals surface area contributed by atoms with Gasteiger partial charge >= 0.3 is 0 Å². The summed E-state index contributed by atoms with van der Waals surface area (Å²) in [5.74, 6) is -0.133. The fourth-order valence-corrected chi connectivity index (χ4v) is 2.77. The fraction of sp³-hybridized carbons (Fsp3) is 0.333. The van der Waals surface area contributed by atoms with Crippen LogP contribution in [0.5, 0.6) is 0 Å². The number of morpholine rings is 1. The molecule has 3 rings (SSSR count). The summed E-state index contributed by atoms with van der Waals surface area (Å²) < 4.78 is 5.56. The summed E-state index contributed by atoms with van der Waals surface area (Å²) in [7, 11) is 0. The lowest BCUT2D eigenvalue weighted by Gasteiger charge is -2.43. The van der Waals surface area contributed by atoms with Crippen LogP contribution in [-0.2, 0) is 4.74 Å². The molecule has 0 bridgehead atoms. The number of nitrogens with zero attached hydrogens (tertiary/aromatic N) is 2. The molecule has 0 radical (unpaired) electrons. The maximum Gasteiger partial charge on any atom is 0.255 e. The summed E-state index contributed by atoms with van der Waals surface area (Å²) in [5, 5.41) is 2.90. The van der Waals surface area contributed by atoms with Crippen molar-refractivity contribution < 1.29 is 9.53 Å². The number of aromatic nitrogens is 1. The quantitative estimate of drug-likeness (QED) is 0.947. The zero-order chi connectivity index (χ0) is 16.3. The van der Waals surface area contributed by atoms with Crippen molar-refractivity contribution in [3.05, 3.63) is 54.4 Å². The summed E-state index contributed by atoms with van der Waals surface area (Å²) >= 11 is 0. The van der Waals surface area contributed by atoms with E-state index in [1.54, 1.807) is 24.5 Å². The van der Waals surface area contributed by atoms with Crippen LogP contribution in [0.2, 0.25) is 0 Å². The lowest BCUT2D eigenvalue weighted by Crippen LogP contribution is -2.53. The number of pyridine rings is 1. The number of anilines is 2. The molecular formula is C18H21N3O2. The van der Waals surface area contributed by atoms with Crippen molar-refractivity contribution in [2.24, 2.45) is 0 Å². The van der Waals surface area contributed by atoms with E-state index in [2.05, 4.69) is 29.0 Å². The Hall–Kier alpha value is -2.40. The van der Waals surface area contributed by atoms with Crippen molar-refractivity contribution in [2.75, 3.05) is 30.0 Å². The number of carbonyl (C=O) groups excluding carboxylic acids is 1. The largest absolute Gasteiger partial charge is 0.377 e.